The molecule has 7 nitrogen and oxygen atoms in total. The molecule has 0 saturated carbocycles. The number of benzene rings is 2. The van der Waals surface area contributed by atoms with Gasteiger partial charge in [0.2, 0.25) is 0 Å². The predicted octanol–water partition coefficient (Wildman–Crippen LogP) is 3.67. The molecule has 1 N–H and O–H groups in total. The largest absolute Gasteiger partial charge is 0.496 e. The standard InChI is InChI=1S/C22H19Cl2N3O4S/c1-30-18-12-14(26-7-9-31-10-8-26)6-5-13(18)11-15-20(28)25-22(32)27(21(15)29)17-4-2-3-16(23)19(17)24/h2-6,11-12H,7-10H2,1H3,(H,25,28,32)/b15-11+. The van der Waals surface area contributed by atoms with Crippen LogP contribution in [0, 0.1) is 0 Å². The fourth-order valence-corrected chi connectivity index (χ4v) is 4.19. The fraction of sp³-hybridized carbons (Fsp3) is 0.227. The maximum absolute atomic E-state index is 13.3. The topological polar surface area (TPSA) is 71.1 Å². The van der Waals surface area contributed by atoms with Gasteiger partial charge in [0.05, 0.1) is 36.1 Å². The molecule has 0 atom stereocenters. The van der Waals surface area contributed by atoms with Crippen molar-refractivity contribution in [1.82, 2.24) is 5.32 Å². The van der Waals surface area contributed by atoms with Crippen molar-refractivity contribution in [3.63, 3.8) is 0 Å². The van der Waals surface area contributed by atoms with Crippen molar-refractivity contribution >= 4 is 69.8 Å². The normalized spacial score (nSPS) is 18.2. The minimum absolute atomic E-state index is 0.0732. The summed E-state index contributed by atoms with van der Waals surface area (Å²) in [4.78, 5) is 29.2. The number of rotatable bonds is 4. The molecule has 0 unspecified atom stereocenters. The lowest BCUT2D eigenvalue weighted by molar-refractivity contribution is -0.122. The summed E-state index contributed by atoms with van der Waals surface area (Å²) < 4.78 is 10.9. The molecule has 0 aliphatic carbocycles. The SMILES string of the molecule is COc1cc(N2CCOCC2)ccc1/C=C1\C(=O)NC(=S)N(c2cccc(Cl)c2Cl)C1=O. The summed E-state index contributed by atoms with van der Waals surface area (Å²) in [7, 11) is 1.54. The minimum atomic E-state index is -0.609. The Morgan fingerprint density at radius 1 is 1.16 bits per heavy atom. The van der Waals surface area contributed by atoms with Crippen LogP contribution in [0.5, 0.6) is 5.75 Å². The molecule has 4 rings (SSSR count). The summed E-state index contributed by atoms with van der Waals surface area (Å²) in [6, 6.07) is 10.4. The molecule has 0 bridgehead atoms. The van der Waals surface area contributed by atoms with Gasteiger partial charge in [0.1, 0.15) is 11.3 Å². The number of ether oxygens (including phenoxy) is 2. The monoisotopic (exact) mass is 491 g/mol. The number of hydrogen-bond acceptors (Lipinski definition) is 6. The van der Waals surface area contributed by atoms with Gasteiger partial charge >= 0.3 is 0 Å². The van der Waals surface area contributed by atoms with Gasteiger partial charge in [0.25, 0.3) is 11.8 Å². The maximum Gasteiger partial charge on any atom is 0.270 e. The number of thiocarbonyl (C=S) groups is 1. The first-order chi connectivity index (χ1) is 15.4. The third-order valence-electron chi connectivity index (χ3n) is 5.17. The number of nitrogens with one attached hydrogen (secondary N) is 1. The van der Waals surface area contributed by atoms with Crippen molar-refractivity contribution in [2.45, 2.75) is 0 Å². The van der Waals surface area contributed by atoms with Crippen LogP contribution in [0.3, 0.4) is 0 Å². The number of halogens is 2. The fourth-order valence-electron chi connectivity index (χ4n) is 3.53. The van der Waals surface area contributed by atoms with Crippen molar-refractivity contribution < 1.29 is 19.1 Å². The Bertz CT molecular complexity index is 1130. The summed E-state index contributed by atoms with van der Waals surface area (Å²) in [5.41, 5.74) is 1.73. The molecule has 2 aliphatic heterocycles. The minimum Gasteiger partial charge on any atom is -0.496 e. The van der Waals surface area contributed by atoms with Crippen molar-refractivity contribution in [1.29, 1.82) is 0 Å². The second kappa shape index (κ2) is 9.46. The first-order valence-electron chi connectivity index (χ1n) is 9.77. The zero-order chi connectivity index (χ0) is 22.8. The second-order valence-electron chi connectivity index (χ2n) is 7.06. The lowest BCUT2D eigenvalue weighted by atomic mass is 10.1. The average molecular weight is 492 g/mol. The highest BCUT2D eigenvalue weighted by atomic mass is 35.5. The number of amides is 2. The van der Waals surface area contributed by atoms with Crippen molar-refractivity contribution in [3.8, 4) is 5.75 Å². The summed E-state index contributed by atoms with van der Waals surface area (Å²) in [6.45, 7) is 2.86. The van der Waals surface area contributed by atoms with Crippen LogP contribution in [-0.2, 0) is 14.3 Å². The molecule has 0 radical (unpaired) electrons. The molecule has 0 aromatic heterocycles. The van der Waals surface area contributed by atoms with E-state index in [0.717, 1.165) is 23.7 Å². The van der Waals surface area contributed by atoms with E-state index >= 15 is 0 Å². The zero-order valence-electron chi connectivity index (χ0n) is 17.1. The molecule has 0 spiro atoms. The molecule has 2 saturated heterocycles. The van der Waals surface area contributed by atoms with Gasteiger partial charge in [-0.2, -0.15) is 0 Å². The van der Waals surface area contributed by atoms with E-state index in [0.29, 0.717) is 24.5 Å². The van der Waals surface area contributed by atoms with Gasteiger partial charge in [-0.05, 0) is 42.6 Å². The van der Waals surface area contributed by atoms with Crippen LogP contribution < -0.4 is 19.9 Å². The first kappa shape index (κ1) is 22.5. The van der Waals surface area contributed by atoms with Crippen LogP contribution in [-0.4, -0.2) is 50.3 Å². The first-order valence-corrected chi connectivity index (χ1v) is 10.9. The number of hydrogen-bond donors (Lipinski definition) is 1. The molecule has 166 valence electrons. The Hall–Kier alpha value is -2.65. The van der Waals surface area contributed by atoms with Crippen molar-refractivity contribution in [2.24, 2.45) is 0 Å². The van der Waals surface area contributed by atoms with E-state index in [4.69, 9.17) is 44.9 Å². The van der Waals surface area contributed by atoms with E-state index in [1.54, 1.807) is 24.3 Å². The summed E-state index contributed by atoms with van der Waals surface area (Å²) in [6.07, 6.45) is 1.48. The van der Waals surface area contributed by atoms with Gasteiger partial charge in [0, 0.05) is 30.4 Å². The number of carbonyl (C=O) groups excluding carboxylic acids is 2. The maximum atomic E-state index is 13.3. The van der Waals surface area contributed by atoms with Crippen LogP contribution in [0.25, 0.3) is 6.08 Å². The number of nitrogens with zero attached hydrogens (tertiary/aromatic N) is 2. The quantitative estimate of drug-likeness (QED) is 0.399. The van der Waals surface area contributed by atoms with Crippen LogP contribution in [0.15, 0.2) is 42.0 Å². The van der Waals surface area contributed by atoms with E-state index in [-0.39, 0.29) is 26.4 Å². The molecule has 2 heterocycles. The molecular weight excluding hydrogens is 473 g/mol. The zero-order valence-corrected chi connectivity index (χ0v) is 19.4. The highest BCUT2D eigenvalue weighted by Gasteiger charge is 2.36. The Balaban J connectivity index is 1.70. The summed E-state index contributed by atoms with van der Waals surface area (Å²) in [5.74, 6) is -0.682. The molecule has 2 amide bonds. The second-order valence-corrected chi connectivity index (χ2v) is 8.23. The number of carbonyl (C=O) groups is 2. The Labute approximate surface area is 200 Å². The molecule has 10 heteroatoms. The van der Waals surface area contributed by atoms with Gasteiger partial charge in [-0.25, -0.2) is 0 Å². The Morgan fingerprint density at radius 2 is 1.91 bits per heavy atom. The smallest absolute Gasteiger partial charge is 0.270 e. The van der Waals surface area contributed by atoms with E-state index in [1.165, 1.54) is 13.2 Å². The number of methoxy groups -OCH3 is 1. The van der Waals surface area contributed by atoms with Crippen molar-refractivity contribution in [2.75, 3.05) is 43.2 Å². The molecule has 2 fully saturated rings. The van der Waals surface area contributed by atoms with Gasteiger partial charge in [-0.3, -0.25) is 19.8 Å². The van der Waals surface area contributed by atoms with Gasteiger partial charge in [-0.15, -0.1) is 0 Å². The van der Waals surface area contributed by atoms with Crippen LogP contribution in [0.4, 0.5) is 11.4 Å². The van der Waals surface area contributed by atoms with Gasteiger partial charge < -0.3 is 14.4 Å². The molecule has 2 aromatic rings. The molecular formula is C22H19Cl2N3O4S. The summed E-state index contributed by atoms with van der Waals surface area (Å²) >= 11 is 17.6. The summed E-state index contributed by atoms with van der Waals surface area (Å²) in [5, 5.41) is 2.89. The van der Waals surface area contributed by atoms with Gasteiger partial charge in [-0.1, -0.05) is 29.3 Å². The Morgan fingerprint density at radius 3 is 2.62 bits per heavy atom. The third kappa shape index (κ3) is 4.31. The lowest BCUT2D eigenvalue weighted by Crippen LogP contribution is -2.54. The average Bonchev–Trinajstić information content (AvgIpc) is 2.80. The van der Waals surface area contributed by atoms with Crippen LogP contribution in [0.1, 0.15) is 5.56 Å². The van der Waals surface area contributed by atoms with E-state index in [2.05, 4.69) is 10.2 Å². The highest BCUT2D eigenvalue weighted by Crippen LogP contribution is 2.35. The predicted molar refractivity (Wildman–Crippen MR) is 129 cm³/mol. The third-order valence-corrected chi connectivity index (χ3v) is 6.26. The van der Waals surface area contributed by atoms with Gasteiger partial charge in [0.15, 0.2) is 5.11 Å². The van der Waals surface area contributed by atoms with Crippen LogP contribution >= 0.6 is 35.4 Å². The Kier molecular flexibility index (Phi) is 6.66. The van der Waals surface area contributed by atoms with Crippen LogP contribution in [0.2, 0.25) is 10.0 Å². The lowest BCUT2D eigenvalue weighted by Gasteiger charge is -2.30. The number of morpholine rings is 1. The van der Waals surface area contributed by atoms with E-state index < -0.39 is 11.8 Å². The van der Waals surface area contributed by atoms with Crippen molar-refractivity contribution in [3.05, 3.63) is 57.6 Å². The molecule has 32 heavy (non-hydrogen) atoms. The molecule has 2 aromatic carbocycles. The highest BCUT2D eigenvalue weighted by molar-refractivity contribution is 7.80. The van der Waals surface area contributed by atoms with E-state index in [9.17, 15) is 9.59 Å². The molecule has 2 aliphatic rings. The van der Waals surface area contributed by atoms with E-state index in [1.807, 2.05) is 12.1 Å². The number of anilines is 2.